The fourth-order valence-electron chi connectivity index (χ4n) is 1.87. The van der Waals surface area contributed by atoms with Crippen molar-refractivity contribution in [3.05, 3.63) is 36.5 Å². The minimum absolute atomic E-state index is 0.246. The van der Waals surface area contributed by atoms with Crippen LogP contribution in [0.15, 0.2) is 36.5 Å². The van der Waals surface area contributed by atoms with Gasteiger partial charge in [-0.15, -0.1) is 0 Å². The molecule has 0 radical (unpaired) electrons. The van der Waals surface area contributed by atoms with Crippen molar-refractivity contribution >= 4 is 5.97 Å². The highest BCUT2D eigenvalue weighted by atomic mass is 16.4. The van der Waals surface area contributed by atoms with Crippen LogP contribution in [-0.4, -0.2) is 22.3 Å². The molecular weight excluding hydrogens is 264 g/mol. The van der Waals surface area contributed by atoms with E-state index in [0.29, 0.717) is 6.42 Å². The first-order valence-electron chi connectivity index (χ1n) is 8.05. The molecule has 0 saturated heterocycles. The predicted octanol–water partition coefficient (Wildman–Crippen LogP) is 4.63. The Kier molecular flexibility index (Phi) is 14.1. The van der Waals surface area contributed by atoms with E-state index in [1.165, 1.54) is 12.8 Å². The van der Waals surface area contributed by atoms with Gasteiger partial charge in [0.2, 0.25) is 0 Å². The van der Waals surface area contributed by atoms with Gasteiger partial charge in [-0.1, -0.05) is 62.6 Å². The zero-order chi connectivity index (χ0) is 15.8. The molecule has 0 aliphatic carbocycles. The number of carboxylic acid groups (broad SMARTS) is 1. The number of carbonyl (C=O) groups is 1. The Labute approximate surface area is 129 Å². The second-order valence-electron chi connectivity index (χ2n) is 5.21. The van der Waals surface area contributed by atoms with E-state index in [4.69, 9.17) is 5.11 Å². The molecule has 0 aliphatic rings. The molecule has 3 heteroatoms. The summed E-state index contributed by atoms with van der Waals surface area (Å²) in [5, 5.41) is 18.1. The lowest BCUT2D eigenvalue weighted by atomic mass is 10.1. The second-order valence-corrected chi connectivity index (χ2v) is 5.21. The average Bonchev–Trinajstić information content (AvgIpc) is 2.44. The van der Waals surface area contributed by atoms with Crippen LogP contribution in [0, 0.1) is 0 Å². The topological polar surface area (TPSA) is 57.5 Å². The smallest absolute Gasteiger partial charge is 0.303 e. The van der Waals surface area contributed by atoms with Gasteiger partial charge in [0.05, 0.1) is 6.10 Å². The number of allylic oxidation sites excluding steroid dienone is 5. The molecule has 0 aliphatic heterocycles. The van der Waals surface area contributed by atoms with Crippen molar-refractivity contribution in [3.63, 3.8) is 0 Å². The zero-order valence-corrected chi connectivity index (χ0v) is 13.2. The van der Waals surface area contributed by atoms with Crippen LogP contribution in [0.3, 0.4) is 0 Å². The van der Waals surface area contributed by atoms with E-state index in [1.807, 2.05) is 24.3 Å². The molecule has 0 bridgehead atoms. The molecule has 21 heavy (non-hydrogen) atoms. The van der Waals surface area contributed by atoms with Gasteiger partial charge in [0, 0.05) is 6.42 Å². The first-order valence-corrected chi connectivity index (χ1v) is 8.05. The zero-order valence-electron chi connectivity index (χ0n) is 13.2. The van der Waals surface area contributed by atoms with Crippen molar-refractivity contribution in [1.29, 1.82) is 0 Å². The van der Waals surface area contributed by atoms with Crippen molar-refractivity contribution in [3.8, 4) is 0 Å². The summed E-state index contributed by atoms with van der Waals surface area (Å²) in [6.45, 7) is 2.16. The molecule has 0 amide bonds. The van der Waals surface area contributed by atoms with Crippen LogP contribution >= 0.6 is 0 Å². The molecule has 1 atom stereocenters. The van der Waals surface area contributed by atoms with E-state index in [2.05, 4.69) is 19.1 Å². The molecule has 0 unspecified atom stereocenters. The van der Waals surface area contributed by atoms with Crippen LogP contribution in [-0.2, 0) is 4.79 Å². The summed E-state index contributed by atoms with van der Waals surface area (Å²) in [6.07, 6.45) is 19.6. The largest absolute Gasteiger partial charge is 0.481 e. The van der Waals surface area contributed by atoms with E-state index in [9.17, 15) is 9.90 Å². The Bertz CT molecular complexity index is 329. The second kappa shape index (κ2) is 15.0. The van der Waals surface area contributed by atoms with Gasteiger partial charge in [0.25, 0.3) is 0 Å². The van der Waals surface area contributed by atoms with Crippen LogP contribution in [0.25, 0.3) is 0 Å². The van der Waals surface area contributed by atoms with Gasteiger partial charge in [-0.2, -0.15) is 0 Å². The highest BCUT2D eigenvalue weighted by Crippen LogP contribution is 2.04. The molecule has 0 aromatic heterocycles. The minimum Gasteiger partial charge on any atom is -0.481 e. The van der Waals surface area contributed by atoms with E-state index in [0.717, 1.165) is 32.1 Å². The van der Waals surface area contributed by atoms with Gasteiger partial charge in [-0.25, -0.2) is 0 Å². The van der Waals surface area contributed by atoms with Crippen LogP contribution in [0.5, 0.6) is 0 Å². The Morgan fingerprint density at radius 1 is 1.00 bits per heavy atom. The van der Waals surface area contributed by atoms with Crippen LogP contribution in [0.2, 0.25) is 0 Å². The third kappa shape index (κ3) is 16.6. The third-order valence-electron chi connectivity index (χ3n) is 3.11. The summed E-state index contributed by atoms with van der Waals surface area (Å²) in [6, 6.07) is 0. The summed E-state index contributed by atoms with van der Waals surface area (Å²) in [7, 11) is 0. The summed E-state index contributed by atoms with van der Waals surface area (Å²) < 4.78 is 0. The van der Waals surface area contributed by atoms with E-state index >= 15 is 0 Å². The lowest BCUT2D eigenvalue weighted by molar-refractivity contribution is -0.137. The third-order valence-corrected chi connectivity index (χ3v) is 3.11. The molecule has 0 aromatic rings. The predicted molar refractivity (Wildman–Crippen MR) is 88.3 cm³/mol. The number of carboxylic acids is 1. The van der Waals surface area contributed by atoms with Crippen molar-refractivity contribution < 1.29 is 15.0 Å². The molecule has 0 aromatic carbocycles. The number of unbranched alkanes of at least 4 members (excludes halogenated alkanes) is 4. The first-order chi connectivity index (χ1) is 10.2. The number of aliphatic hydroxyl groups excluding tert-OH is 1. The van der Waals surface area contributed by atoms with Crippen LogP contribution in [0.1, 0.15) is 64.7 Å². The van der Waals surface area contributed by atoms with Crippen LogP contribution in [0.4, 0.5) is 0 Å². The standard InChI is InChI=1S/C18H30O3/c1-2-3-11-14-17(19)15-12-9-7-5-4-6-8-10-13-16-18(20)21/h6-9,12,15,17,19H,2-5,10-11,13-14,16H2,1H3,(H,20,21)/b8-6-,9-7-,15-12+/t17-/m0/s1. The maximum atomic E-state index is 10.3. The van der Waals surface area contributed by atoms with Crippen molar-refractivity contribution in [2.24, 2.45) is 0 Å². The molecule has 0 fully saturated rings. The normalized spacial score (nSPS) is 13.6. The maximum Gasteiger partial charge on any atom is 0.303 e. The molecule has 2 N–H and O–H groups in total. The lowest BCUT2D eigenvalue weighted by Gasteiger charge is -2.02. The highest BCUT2D eigenvalue weighted by Gasteiger charge is 1.96. The van der Waals surface area contributed by atoms with Gasteiger partial charge >= 0.3 is 5.97 Å². The van der Waals surface area contributed by atoms with Crippen molar-refractivity contribution in [2.45, 2.75) is 70.8 Å². The summed E-state index contributed by atoms with van der Waals surface area (Å²) in [5.41, 5.74) is 0. The molecular formula is C18H30O3. The first kappa shape index (κ1) is 19.7. The van der Waals surface area contributed by atoms with Gasteiger partial charge in [-0.3, -0.25) is 4.79 Å². The number of hydrogen-bond acceptors (Lipinski definition) is 2. The molecule has 0 saturated carbocycles. The fraction of sp³-hybridized carbons (Fsp3) is 0.611. The maximum absolute atomic E-state index is 10.3. The van der Waals surface area contributed by atoms with Gasteiger partial charge in [0.1, 0.15) is 0 Å². The number of rotatable bonds is 13. The molecule has 0 heterocycles. The molecule has 3 nitrogen and oxygen atoms in total. The molecule has 0 spiro atoms. The monoisotopic (exact) mass is 294 g/mol. The fourth-order valence-corrected chi connectivity index (χ4v) is 1.87. The Morgan fingerprint density at radius 2 is 1.71 bits per heavy atom. The molecule has 120 valence electrons. The minimum atomic E-state index is -0.727. The summed E-state index contributed by atoms with van der Waals surface area (Å²) in [4.78, 5) is 10.3. The average molecular weight is 294 g/mol. The van der Waals surface area contributed by atoms with Crippen molar-refractivity contribution in [2.75, 3.05) is 0 Å². The Balaban J connectivity index is 3.50. The summed E-state index contributed by atoms with van der Waals surface area (Å²) >= 11 is 0. The Hall–Kier alpha value is -1.35. The number of hydrogen-bond donors (Lipinski definition) is 2. The van der Waals surface area contributed by atoms with E-state index in [1.54, 1.807) is 0 Å². The number of aliphatic hydroxyl groups is 1. The van der Waals surface area contributed by atoms with Gasteiger partial charge in [0.15, 0.2) is 0 Å². The molecule has 0 rings (SSSR count). The van der Waals surface area contributed by atoms with Gasteiger partial charge in [-0.05, 0) is 32.1 Å². The van der Waals surface area contributed by atoms with Crippen LogP contribution < -0.4 is 0 Å². The summed E-state index contributed by atoms with van der Waals surface area (Å²) in [5.74, 6) is -0.727. The number of aliphatic carboxylic acids is 1. The lowest BCUT2D eigenvalue weighted by Crippen LogP contribution is -2.00. The quantitative estimate of drug-likeness (QED) is 0.296. The van der Waals surface area contributed by atoms with Crippen molar-refractivity contribution in [1.82, 2.24) is 0 Å². The highest BCUT2D eigenvalue weighted by molar-refractivity contribution is 5.66. The Morgan fingerprint density at radius 3 is 2.43 bits per heavy atom. The van der Waals surface area contributed by atoms with Gasteiger partial charge < -0.3 is 10.2 Å². The SMILES string of the molecule is CCCCC[C@H](O)/C=C/C=C\CC/C=C\CCCC(=O)O. The van der Waals surface area contributed by atoms with E-state index in [-0.39, 0.29) is 12.5 Å². The van der Waals surface area contributed by atoms with E-state index < -0.39 is 5.97 Å².